The number of benzene rings is 2. The number of nitrogens with zero attached hydrogens (tertiary/aromatic N) is 3. The molecular formula is C28H24F4N6O2. The zero-order valence-corrected chi connectivity index (χ0v) is 21.2. The third-order valence-electron chi connectivity index (χ3n) is 6.43. The second kappa shape index (κ2) is 10.8. The summed E-state index contributed by atoms with van der Waals surface area (Å²) in [6.07, 6.45) is -2.59. The smallest absolute Gasteiger partial charge is 0.351 e. The van der Waals surface area contributed by atoms with Crippen molar-refractivity contribution in [3.63, 3.8) is 0 Å². The molecule has 0 radical (unpaired) electrons. The molecule has 3 N–H and O–H groups in total. The van der Waals surface area contributed by atoms with Crippen LogP contribution >= 0.6 is 0 Å². The number of alkyl halides is 3. The van der Waals surface area contributed by atoms with Crippen molar-refractivity contribution >= 4 is 23.2 Å². The summed E-state index contributed by atoms with van der Waals surface area (Å²) in [7, 11) is 1.57. The molecule has 0 unspecified atom stereocenters. The summed E-state index contributed by atoms with van der Waals surface area (Å²) in [5, 5.41) is 12.3. The van der Waals surface area contributed by atoms with Crippen molar-refractivity contribution in [3.05, 3.63) is 83.9 Å². The topological polar surface area (TPSA) is 101 Å². The Kier molecular flexibility index (Phi) is 7.24. The summed E-state index contributed by atoms with van der Waals surface area (Å²) < 4.78 is 57.8. The minimum absolute atomic E-state index is 0.0452. The predicted molar refractivity (Wildman–Crippen MR) is 140 cm³/mol. The molecule has 1 atom stereocenters. The molecule has 0 aliphatic carbocycles. The van der Waals surface area contributed by atoms with Gasteiger partial charge in [-0.15, -0.1) is 0 Å². The Morgan fingerprint density at radius 2 is 1.88 bits per heavy atom. The SMILES string of the molecule is Cn1ccc(-c2cc(Nc3ccc(CNC(=O)[C@@H]4CCC(=O)N4)nc3-c3ccccc3)c(F)cc2C(F)(F)F)n1. The van der Waals surface area contributed by atoms with Crippen molar-refractivity contribution in [2.45, 2.75) is 31.6 Å². The van der Waals surface area contributed by atoms with Gasteiger partial charge in [-0.2, -0.15) is 18.3 Å². The summed E-state index contributed by atoms with van der Waals surface area (Å²) in [6, 6.07) is 14.5. The number of halogens is 4. The molecule has 1 aliphatic heterocycles. The van der Waals surface area contributed by atoms with E-state index in [1.807, 2.05) is 6.07 Å². The third kappa shape index (κ3) is 5.80. The number of aryl methyl sites for hydroxylation is 1. The number of anilines is 2. The van der Waals surface area contributed by atoms with Gasteiger partial charge in [0.25, 0.3) is 0 Å². The van der Waals surface area contributed by atoms with Crippen LogP contribution in [0, 0.1) is 5.82 Å². The van der Waals surface area contributed by atoms with Gasteiger partial charge in [0.2, 0.25) is 11.8 Å². The summed E-state index contributed by atoms with van der Waals surface area (Å²) in [4.78, 5) is 28.5. The Balaban J connectivity index is 1.48. The first kappa shape index (κ1) is 26.9. The number of amides is 2. The number of aromatic nitrogens is 3. The summed E-state index contributed by atoms with van der Waals surface area (Å²) >= 11 is 0. The molecule has 8 nitrogen and oxygen atoms in total. The van der Waals surface area contributed by atoms with E-state index in [1.54, 1.807) is 43.4 Å². The van der Waals surface area contributed by atoms with Gasteiger partial charge in [-0.1, -0.05) is 30.3 Å². The average Bonchev–Trinajstić information content (AvgIpc) is 3.57. The molecule has 0 bridgehead atoms. The number of carbonyl (C=O) groups is 2. The molecule has 40 heavy (non-hydrogen) atoms. The Bertz CT molecular complexity index is 1570. The first-order valence-corrected chi connectivity index (χ1v) is 12.4. The second-order valence-electron chi connectivity index (χ2n) is 9.32. The van der Waals surface area contributed by atoms with Crippen molar-refractivity contribution in [1.29, 1.82) is 0 Å². The molecule has 3 heterocycles. The van der Waals surface area contributed by atoms with E-state index in [0.29, 0.717) is 35.1 Å². The van der Waals surface area contributed by atoms with Crippen LogP contribution in [0.2, 0.25) is 0 Å². The molecule has 12 heteroatoms. The maximum atomic E-state index is 15.1. The Morgan fingerprint density at radius 1 is 1.10 bits per heavy atom. The van der Waals surface area contributed by atoms with Crippen molar-refractivity contribution in [2.75, 3.05) is 5.32 Å². The minimum atomic E-state index is -4.80. The van der Waals surface area contributed by atoms with Crippen molar-refractivity contribution < 1.29 is 27.2 Å². The van der Waals surface area contributed by atoms with Crippen LogP contribution < -0.4 is 16.0 Å². The molecule has 0 spiro atoms. The van der Waals surface area contributed by atoms with Gasteiger partial charge in [-0.05, 0) is 36.8 Å². The fourth-order valence-electron chi connectivity index (χ4n) is 4.45. The second-order valence-corrected chi connectivity index (χ2v) is 9.32. The standard InChI is InChI=1S/C28H24F4N6O2/c1-38-12-11-21(37-38)18-13-24(20(29)14-19(18)28(30,31)32)35-22-8-7-17(34-26(22)16-5-3-2-4-6-16)15-33-27(40)23-9-10-25(39)36-23/h2-8,11-14,23,35H,9-10,15H2,1H3,(H,33,40)(H,36,39)/t23-/m0/s1. The minimum Gasteiger partial charge on any atom is -0.351 e. The molecule has 2 amide bonds. The van der Waals surface area contributed by atoms with Crippen molar-refractivity contribution in [3.8, 4) is 22.5 Å². The van der Waals surface area contributed by atoms with Gasteiger partial charge in [0.15, 0.2) is 0 Å². The van der Waals surface area contributed by atoms with E-state index >= 15 is 4.39 Å². The summed E-state index contributed by atoms with van der Waals surface area (Å²) in [5.74, 6) is -1.60. The molecule has 4 aromatic rings. The Labute approximate surface area is 226 Å². The van der Waals surface area contributed by atoms with Gasteiger partial charge in [-0.25, -0.2) is 9.37 Å². The fraction of sp³-hybridized carbons (Fsp3) is 0.214. The van der Waals surface area contributed by atoms with E-state index in [-0.39, 0.29) is 41.7 Å². The number of nitrogens with one attached hydrogen (secondary N) is 3. The molecule has 1 fully saturated rings. The molecule has 2 aromatic carbocycles. The maximum absolute atomic E-state index is 15.1. The van der Waals surface area contributed by atoms with E-state index in [1.165, 1.54) is 16.9 Å². The highest BCUT2D eigenvalue weighted by Crippen LogP contribution is 2.40. The normalized spacial score (nSPS) is 15.1. The number of hydrogen-bond donors (Lipinski definition) is 3. The Hall–Kier alpha value is -4.74. The molecule has 1 aliphatic rings. The lowest BCUT2D eigenvalue weighted by atomic mass is 10.0. The lowest BCUT2D eigenvalue weighted by molar-refractivity contribution is -0.137. The monoisotopic (exact) mass is 552 g/mol. The van der Waals surface area contributed by atoms with Gasteiger partial charge < -0.3 is 16.0 Å². The number of rotatable bonds is 7. The van der Waals surface area contributed by atoms with Crippen LogP contribution in [0.15, 0.2) is 66.9 Å². The van der Waals surface area contributed by atoms with Crippen LogP contribution in [-0.4, -0.2) is 32.6 Å². The average molecular weight is 553 g/mol. The fourth-order valence-corrected chi connectivity index (χ4v) is 4.45. The zero-order chi connectivity index (χ0) is 28.4. The van der Waals surface area contributed by atoms with Crippen molar-refractivity contribution in [1.82, 2.24) is 25.4 Å². The first-order valence-electron chi connectivity index (χ1n) is 12.4. The van der Waals surface area contributed by atoms with Crippen LogP contribution in [0.1, 0.15) is 24.1 Å². The lowest BCUT2D eigenvalue weighted by Crippen LogP contribution is -2.41. The maximum Gasteiger partial charge on any atom is 0.417 e. The van der Waals surface area contributed by atoms with Crippen LogP contribution in [0.4, 0.5) is 28.9 Å². The highest BCUT2D eigenvalue weighted by atomic mass is 19.4. The van der Waals surface area contributed by atoms with Gasteiger partial charge in [0.05, 0.1) is 40.6 Å². The van der Waals surface area contributed by atoms with Crippen LogP contribution in [0.5, 0.6) is 0 Å². The molecular weight excluding hydrogens is 528 g/mol. The van der Waals surface area contributed by atoms with Gasteiger partial charge in [0.1, 0.15) is 11.9 Å². The molecule has 5 rings (SSSR count). The number of carbonyl (C=O) groups excluding carboxylic acids is 2. The highest BCUT2D eigenvalue weighted by molar-refractivity contribution is 5.90. The van der Waals surface area contributed by atoms with E-state index in [4.69, 9.17) is 0 Å². The van der Waals surface area contributed by atoms with Crippen LogP contribution in [0.3, 0.4) is 0 Å². The number of hydrogen-bond acceptors (Lipinski definition) is 5. The van der Waals surface area contributed by atoms with Gasteiger partial charge >= 0.3 is 6.18 Å². The molecule has 0 saturated carbocycles. The molecule has 1 saturated heterocycles. The zero-order valence-electron chi connectivity index (χ0n) is 21.2. The Morgan fingerprint density at radius 3 is 2.52 bits per heavy atom. The summed E-state index contributed by atoms with van der Waals surface area (Å²) in [6.45, 7) is 0.0732. The third-order valence-corrected chi connectivity index (χ3v) is 6.43. The van der Waals surface area contributed by atoms with Gasteiger partial charge in [0, 0.05) is 30.8 Å². The van der Waals surface area contributed by atoms with Gasteiger partial charge in [-0.3, -0.25) is 14.3 Å². The predicted octanol–water partition coefficient (Wildman–Crippen LogP) is 4.95. The van der Waals surface area contributed by atoms with E-state index in [2.05, 4.69) is 26.0 Å². The van der Waals surface area contributed by atoms with E-state index < -0.39 is 23.6 Å². The largest absolute Gasteiger partial charge is 0.417 e. The van der Waals surface area contributed by atoms with Crippen LogP contribution in [0.25, 0.3) is 22.5 Å². The quantitative estimate of drug-likeness (QED) is 0.282. The number of pyridine rings is 1. The highest BCUT2D eigenvalue weighted by Gasteiger charge is 2.35. The summed E-state index contributed by atoms with van der Waals surface area (Å²) in [5.41, 5.74) is 0.344. The van der Waals surface area contributed by atoms with E-state index in [0.717, 1.165) is 6.07 Å². The molecule has 206 valence electrons. The lowest BCUT2D eigenvalue weighted by Gasteiger charge is -2.18. The van der Waals surface area contributed by atoms with E-state index in [9.17, 15) is 22.8 Å². The molecule has 2 aromatic heterocycles. The first-order chi connectivity index (χ1) is 19.1. The van der Waals surface area contributed by atoms with Crippen LogP contribution in [-0.2, 0) is 29.4 Å². The van der Waals surface area contributed by atoms with Crippen molar-refractivity contribution in [2.24, 2.45) is 7.05 Å².